The van der Waals surface area contributed by atoms with Crippen LogP contribution in [0.2, 0.25) is 0 Å². The number of nitrogens with two attached hydrogens (primary N) is 1. The van der Waals surface area contributed by atoms with Crippen LogP contribution in [-0.2, 0) is 13.6 Å². The van der Waals surface area contributed by atoms with Crippen molar-refractivity contribution in [2.24, 2.45) is 17.9 Å². The fourth-order valence-electron chi connectivity index (χ4n) is 2.20. The van der Waals surface area contributed by atoms with E-state index in [2.05, 4.69) is 15.2 Å². The number of rotatable bonds is 4. The Kier molecular flexibility index (Phi) is 3.93. The lowest BCUT2D eigenvalue weighted by Gasteiger charge is -2.20. The van der Waals surface area contributed by atoms with E-state index in [0.717, 1.165) is 17.2 Å². The van der Waals surface area contributed by atoms with Gasteiger partial charge in [0.05, 0.1) is 29.0 Å². The third kappa shape index (κ3) is 2.46. The number of hydrogen-bond donors (Lipinski definition) is 2. The molecule has 8 heteroatoms. The average molecular weight is 294 g/mol. The van der Waals surface area contributed by atoms with Gasteiger partial charge in [0.1, 0.15) is 5.82 Å². The largest absolute Gasteiger partial charge is 0.409 e. The fourth-order valence-corrected chi connectivity index (χ4v) is 3.03. The second-order valence-corrected chi connectivity index (χ2v) is 5.55. The minimum absolute atomic E-state index is 0.0680. The highest BCUT2D eigenvalue weighted by Crippen LogP contribution is 2.25. The van der Waals surface area contributed by atoms with Gasteiger partial charge in [0.15, 0.2) is 5.84 Å². The Bertz CT molecular complexity index is 644. The Morgan fingerprint density at radius 1 is 1.50 bits per heavy atom. The minimum Gasteiger partial charge on any atom is -0.409 e. The molecular weight excluding hydrogens is 276 g/mol. The van der Waals surface area contributed by atoms with Crippen LogP contribution in [0.15, 0.2) is 10.7 Å². The number of anilines is 1. The third-order valence-electron chi connectivity index (χ3n) is 3.14. The number of thiazole rings is 1. The first-order valence-electron chi connectivity index (χ1n) is 6.07. The molecule has 0 saturated carbocycles. The zero-order valence-corrected chi connectivity index (χ0v) is 12.8. The molecule has 3 N–H and O–H groups in total. The Morgan fingerprint density at radius 3 is 2.75 bits per heavy atom. The van der Waals surface area contributed by atoms with Gasteiger partial charge in [0.2, 0.25) is 0 Å². The molecule has 0 radical (unpaired) electrons. The molecule has 20 heavy (non-hydrogen) atoms. The summed E-state index contributed by atoms with van der Waals surface area (Å²) >= 11 is 1.61. The first-order chi connectivity index (χ1) is 9.45. The number of nitrogens with zero attached hydrogens (tertiary/aromatic N) is 5. The third-order valence-corrected chi connectivity index (χ3v) is 4.06. The summed E-state index contributed by atoms with van der Waals surface area (Å²) in [7, 11) is 3.79. The van der Waals surface area contributed by atoms with Gasteiger partial charge in [-0.1, -0.05) is 5.16 Å². The van der Waals surface area contributed by atoms with E-state index in [1.807, 2.05) is 38.4 Å². The van der Waals surface area contributed by atoms with E-state index >= 15 is 0 Å². The summed E-state index contributed by atoms with van der Waals surface area (Å²) in [5.41, 5.74) is 9.99. The molecule has 0 bridgehead atoms. The van der Waals surface area contributed by atoms with Crippen LogP contribution >= 0.6 is 11.3 Å². The van der Waals surface area contributed by atoms with Crippen LogP contribution in [0.4, 0.5) is 5.82 Å². The van der Waals surface area contributed by atoms with E-state index < -0.39 is 0 Å². The number of aromatic nitrogens is 3. The molecule has 2 aromatic rings. The molecule has 0 aliphatic heterocycles. The van der Waals surface area contributed by atoms with Crippen molar-refractivity contribution in [3.05, 3.63) is 27.3 Å². The van der Waals surface area contributed by atoms with E-state index in [4.69, 9.17) is 10.9 Å². The second kappa shape index (κ2) is 5.49. The van der Waals surface area contributed by atoms with Gasteiger partial charge in [0.25, 0.3) is 0 Å². The summed E-state index contributed by atoms with van der Waals surface area (Å²) in [6, 6.07) is 0. The Hall–Kier alpha value is -2.09. The van der Waals surface area contributed by atoms with Crippen LogP contribution < -0.4 is 10.6 Å². The van der Waals surface area contributed by atoms with Crippen LogP contribution in [0.5, 0.6) is 0 Å². The van der Waals surface area contributed by atoms with Gasteiger partial charge in [-0.25, -0.2) is 4.98 Å². The fraction of sp³-hybridized carbons (Fsp3) is 0.417. The smallest absolute Gasteiger partial charge is 0.175 e. The molecule has 108 valence electrons. The highest BCUT2D eigenvalue weighted by atomic mass is 32.1. The normalized spacial score (nSPS) is 11.9. The number of hydrogen-bond acceptors (Lipinski definition) is 6. The maximum Gasteiger partial charge on any atom is 0.175 e. The minimum atomic E-state index is 0.0680. The van der Waals surface area contributed by atoms with Gasteiger partial charge in [-0.15, -0.1) is 11.3 Å². The highest BCUT2D eigenvalue weighted by molar-refractivity contribution is 7.09. The standard InChI is InChI=1S/C12H18N6OS/c1-7-9(20-6-14-7)5-17(3)12-10(11(13)16-19)8(2)15-18(12)4/h6,19H,5H2,1-4H3,(H2,13,16). The monoisotopic (exact) mass is 294 g/mol. The van der Waals surface area contributed by atoms with Crippen LogP contribution in [0.25, 0.3) is 0 Å². The molecule has 0 aliphatic carbocycles. The molecule has 0 aliphatic rings. The molecule has 0 saturated heterocycles. The van der Waals surface area contributed by atoms with Crippen LogP contribution in [0, 0.1) is 13.8 Å². The number of aryl methyl sites for hydroxylation is 3. The van der Waals surface area contributed by atoms with Crippen molar-refractivity contribution in [2.45, 2.75) is 20.4 Å². The van der Waals surface area contributed by atoms with Crippen molar-refractivity contribution < 1.29 is 5.21 Å². The molecule has 2 aromatic heterocycles. The maximum atomic E-state index is 8.93. The van der Waals surface area contributed by atoms with Gasteiger partial charge in [-0.2, -0.15) is 5.10 Å². The predicted octanol–water partition coefficient (Wildman–Crippen LogP) is 1.22. The molecule has 0 spiro atoms. The van der Waals surface area contributed by atoms with E-state index in [1.165, 1.54) is 4.88 Å². The van der Waals surface area contributed by atoms with Crippen molar-refractivity contribution in [2.75, 3.05) is 11.9 Å². The van der Waals surface area contributed by atoms with Gasteiger partial charge >= 0.3 is 0 Å². The van der Waals surface area contributed by atoms with Crippen molar-refractivity contribution in [1.29, 1.82) is 0 Å². The number of amidine groups is 1. The second-order valence-electron chi connectivity index (χ2n) is 4.61. The average Bonchev–Trinajstić information content (AvgIpc) is 2.92. The molecule has 7 nitrogen and oxygen atoms in total. The lowest BCUT2D eigenvalue weighted by molar-refractivity contribution is 0.318. The molecule has 2 heterocycles. The van der Waals surface area contributed by atoms with E-state index in [1.54, 1.807) is 16.0 Å². The summed E-state index contributed by atoms with van der Waals surface area (Å²) in [4.78, 5) is 7.45. The Balaban J connectivity index is 2.39. The van der Waals surface area contributed by atoms with Gasteiger partial charge in [0, 0.05) is 19.0 Å². The van der Waals surface area contributed by atoms with Gasteiger partial charge in [-0.3, -0.25) is 4.68 Å². The summed E-state index contributed by atoms with van der Waals surface area (Å²) < 4.78 is 1.74. The van der Waals surface area contributed by atoms with E-state index in [9.17, 15) is 0 Å². The quantitative estimate of drug-likeness (QED) is 0.383. The molecular formula is C12H18N6OS. The molecule has 0 unspecified atom stereocenters. The highest BCUT2D eigenvalue weighted by Gasteiger charge is 2.21. The molecule has 0 atom stereocenters. The lowest BCUT2D eigenvalue weighted by Crippen LogP contribution is -2.24. The van der Waals surface area contributed by atoms with E-state index in [-0.39, 0.29) is 5.84 Å². The topological polar surface area (TPSA) is 92.6 Å². The zero-order valence-electron chi connectivity index (χ0n) is 12.0. The van der Waals surface area contributed by atoms with Crippen molar-refractivity contribution >= 4 is 23.0 Å². The summed E-state index contributed by atoms with van der Waals surface area (Å²) in [5, 5.41) is 16.4. The van der Waals surface area contributed by atoms with Gasteiger partial charge < -0.3 is 15.8 Å². The number of oxime groups is 1. The van der Waals surface area contributed by atoms with Crippen LogP contribution in [-0.4, -0.2) is 32.9 Å². The van der Waals surface area contributed by atoms with Crippen LogP contribution in [0.1, 0.15) is 21.8 Å². The first-order valence-corrected chi connectivity index (χ1v) is 6.95. The Morgan fingerprint density at radius 2 is 2.20 bits per heavy atom. The summed E-state index contributed by atoms with van der Waals surface area (Å²) in [6.07, 6.45) is 0. The summed E-state index contributed by atoms with van der Waals surface area (Å²) in [5.74, 6) is 0.879. The SMILES string of the molecule is Cc1ncsc1CN(C)c1c(C(N)=NO)c(C)nn1C. The lowest BCUT2D eigenvalue weighted by atomic mass is 10.2. The molecule has 0 amide bonds. The van der Waals surface area contributed by atoms with Crippen molar-refractivity contribution in [1.82, 2.24) is 14.8 Å². The van der Waals surface area contributed by atoms with Crippen molar-refractivity contribution in [3.63, 3.8) is 0 Å². The predicted molar refractivity (Wildman–Crippen MR) is 79.4 cm³/mol. The van der Waals surface area contributed by atoms with Crippen molar-refractivity contribution in [3.8, 4) is 0 Å². The van der Waals surface area contributed by atoms with Gasteiger partial charge in [-0.05, 0) is 13.8 Å². The molecule has 0 fully saturated rings. The molecule has 2 rings (SSSR count). The molecule has 0 aromatic carbocycles. The summed E-state index contributed by atoms with van der Waals surface area (Å²) in [6.45, 7) is 4.52. The van der Waals surface area contributed by atoms with E-state index in [0.29, 0.717) is 12.1 Å². The van der Waals surface area contributed by atoms with Crippen LogP contribution in [0.3, 0.4) is 0 Å². The maximum absolute atomic E-state index is 8.93. The first kappa shape index (κ1) is 14.3. The Labute approximate surface area is 121 Å². The zero-order chi connectivity index (χ0) is 14.9.